The zero-order valence-electron chi connectivity index (χ0n) is 14.6. The fourth-order valence-corrected chi connectivity index (χ4v) is 3.49. The Kier molecular flexibility index (Phi) is 20.3. The molecular weight excluding hydrogens is 327 g/mol. The summed E-state index contributed by atoms with van der Waals surface area (Å²) in [5.74, 6) is 0. The van der Waals surface area contributed by atoms with Gasteiger partial charge in [-0.25, -0.2) is 8.42 Å². The maximum absolute atomic E-state index is 10.9. The van der Waals surface area contributed by atoms with Crippen molar-refractivity contribution in [1.82, 2.24) is 0 Å². The van der Waals surface area contributed by atoms with Gasteiger partial charge in [-0.3, -0.25) is 0 Å². The fourth-order valence-electron chi connectivity index (χ4n) is 2.63. The Bertz CT molecular complexity index is 320. The zero-order chi connectivity index (χ0) is 16.0. The van der Waals surface area contributed by atoms with Crippen LogP contribution >= 0.6 is 0 Å². The molecule has 0 bridgehead atoms. The van der Waals surface area contributed by atoms with Crippen molar-refractivity contribution >= 4 is 10.1 Å². The molecule has 0 rings (SSSR count). The smallest absolute Gasteiger partial charge is 0.748 e. The molecule has 0 fully saturated rings. The number of hydrogen-bond donors (Lipinski definition) is 1. The van der Waals surface area contributed by atoms with E-state index >= 15 is 0 Å². The van der Waals surface area contributed by atoms with Crippen LogP contribution in [0, 0.1) is 0 Å². The largest absolute Gasteiger partial charge is 1.00 e. The second-order valence-electron chi connectivity index (χ2n) is 5.92. The van der Waals surface area contributed by atoms with E-state index in [1.54, 1.807) is 6.92 Å². The van der Waals surface area contributed by atoms with E-state index in [0.29, 0.717) is 19.4 Å². The van der Waals surface area contributed by atoms with E-state index in [2.05, 4.69) is 0 Å². The molecule has 0 aromatic heterocycles. The third-order valence-electron chi connectivity index (χ3n) is 4.05. The summed E-state index contributed by atoms with van der Waals surface area (Å²) in [4.78, 5) is 0. The average Bonchev–Trinajstić information content (AvgIpc) is 2.42. The summed E-state index contributed by atoms with van der Waals surface area (Å²) < 4.78 is 32.8. The Morgan fingerprint density at radius 1 is 0.818 bits per heavy atom. The molecule has 22 heavy (non-hydrogen) atoms. The number of aliphatic hydroxyl groups excluding tert-OH is 1. The maximum atomic E-state index is 10.9. The van der Waals surface area contributed by atoms with Gasteiger partial charge in [0, 0.05) is 11.9 Å². The molecule has 1 unspecified atom stereocenters. The summed E-state index contributed by atoms with van der Waals surface area (Å²) in [5.41, 5.74) is 0. The summed E-state index contributed by atoms with van der Waals surface area (Å²) in [7, 11) is -4.10. The normalized spacial score (nSPS) is 12.9. The standard InChI is InChI=1S/C16H34O4S.K/c1-2-16(21(18,19)20)14-12-10-8-6-4-3-5-7-9-11-13-15-17;/h16-17H,2-15H2,1H3,(H,18,19,20);/q;+1/p-1. The van der Waals surface area contributed by atoms with E-state index < -0.39 is 15.4 Å². The van der Waals surface area contributed by atoms with Gasteiger partial charge in [-0.05, 0) is 19.3 Å². The molecule has 0 saturated heterocycles. The third kappa shape index (κ3) is 16.4. The molecule has 1 atom stereocenters. The van der Waals surface area contributed by atoms with Crippen molar-refractivity contribution < 1.29 is 69.5 Å². The van der Waals surface area contributed by atoms with Crippen LogP contribution < -0.4 is 51.4 Å². The predicted molar refractivity (Wildman–Crippen MR) is 86.3 cm³/mol. The molecule has 4 nitrogen and oxygen atoms in total. The minimum Gasteiger partial charge on any atom is -0.748 e. The van der Waals surface area contributed by atoms with E-state index in [9.17, 15) is 13.0 Å². The summed E-state index contributed by atoms with van der Waals surface area (Å²) in [6.07, 6.45) is 13.5. The van der Waals surface area contributed by atoms with Crippen molar-refractivity contribution in [1.29, 1.82) is 0 Å². The van der Waals surface area contributed by atoms with E-state index in [0.717, 1.165) is 32.1 Å². The monoisotopic (exact) mass is 360 g/mol. The second kappa shape index (κ2) is 17.3. The molecular formula is C16H33KO4S. The summed E-state index contributed by atoms with van der Waals surface area (Å²) in [6, 6.07) is 0. The van der Waals surface area contributed by atoms with Crippen LogP contribution in [0.1, 0.15) is 90.4 Å². The molecule has 6 heteroatoms. The first-order chi connectivity index (χ1) is 10.0. The van der Waals surface area contributed by atoms with Crippen LogP contribution in [0.3, 0.4) is 0 Å². The van der Waals surface area contributed by atoms with Gasteiger partial charge in [-0.2, -0.15) is 0 Å². The molecule has 0 spiro atoms. The van der Waals surface area contributed by atoms with Crippen molar-refractivity contribution in [3.05, 3.63) is 0 Å². The van der Waals surface area contributed by atoms with E-state index in [-0.39, 0.29) is 51.4 Å². The quantitative estimate of drug-likeness (QED) is 0.268. The van der Waals surface area contributed by atoms with Crippen molar-refractivity contribution in [2.75, 3.05) is 6.61 Å². The zero-order valence-corrected chi connectivity index (χ0v) is 18.5. The molecule has 0 amide bonds. The number of hydrogen-bond acceptors (Lipinski definition) is 4. The van der Waals surface area contributed by atoms with Gasteiger partial charge < -0.3 is 9.66 Å². The summed E-state index contributed by atoms with van der Waals surface area (Å²) in [5, 5.41) is 7.97. The van der Waals surface area contributed by atoms with Gasteiger partial charge in [0.25, 0.3) is 0 Å². The number of rotatable bonds is 15. The molecule has 0 aliphatic carbocycles. The molecule has 0 saturated carbocycles. The van der Waals surface area contributed by atoms with Gasteiger partial charge >= 0.3 is 51.4 Å². The molecule has 0 radical (unpaired) electrons. The van der Waals surface area contributed by atoms with Crippen molar-refractivity contribution in [3.8, 4) is 0 Å². The molecule has 0 aliphatic heterocycles. The van der Waals surface area contributed by atoms with Gasteiger partial charge in [-0.15, -0.1) is 0 Å². The van der Waals surface area contributed by atoms with Crippen molar-refractivity contribution in [2.45, 2.75) is 95.6 Å². The van der Waals surface area contributed by atoms with Crippen LogP contribution in [0.2, 0.25) is 0 Å². The van der Waals surface area contributed by atoms with Gasteiger partial charge in [-0.1, -0.05) is 71.1 Å². The number of aliphatic hydroxyl groups is 1. The van der Waals surface area contributed by atoms with Crippen LogP contribution in [0.15, 0.2) is 0 Å². The first-order valence-electron chi connectivity index (χ1n) is 8.58. The van der Waals surface area contributed by atoms with Gasteiger partial charge in [0.1, 0.15) is 0 Å². The van der Waals surface area contributed by atoms with Crippen molar-refractivity contribution in [2.24, 2.45) is 0 Å². The first kappa shape index (κ1) is 25.7. The summed E-state index contributed by atoms with van der Waals surface area (Å²) >= 11 is 0. The molecule has 1 N–H and O–H groups in total. The Labute approximate surface area is 180 Å². The van der Waals surface area contributed by atoms with Gasteiger partial charge in [0.2, 0.25) is 0 Å². The van der Waals surface area contributed by atoms with Gasteiger partial charge in [0.15, 0.2) is 0 Å². The Balaban J connectivity index is 0. The second-order valence-corrected chi connectivity index (χ2v) is 7.58. The molecule has 0 aromatic rings. The summed E-state index contributed by atoms with van der Waals surface area (Å²) in [6.45, 7) is 2.08. The fraction of sp³-hybridized carbons (Fsp3) is 1.00. The Hall–Kier alpha value is 1.51. The van der Waals surface area contributed by atoms with Crippen LogP contribution in [0.25, 0.3) is 0 Å². The SMILES string of the molecule is CCC(CCCCCCCCCCCCCO)S(=O)(=O)[O-].[K+]. The maximum Gasteiger partial charge on any atom is 1.00 e. The minimum atomic E-state index is -4.10. The topological polar surface area (TPSA) is 77.4 Å². The van der Waals surface area contributed by atoms with Crippen LogP contribution in [0.4, 0.5) is 0 Å². The molecule has 0 aliphatic rings. The predicted octanol–water partition coefficient (Wildman–Crippen LogP) is 0.988. The Morgan fingerprint density at radius 2 is 1.18 bits per heavy atom. The van der Waals surface area contributed by atoms with Crippen molar-refractivity contribution in [3.63, 3.8) is 0 Å². The number of unbranched alkanes of at least 4 members (excludes halogenated alkanes) is 10. The average molecular weight is 361 g/mol. The van der Waals surface area contributed by atoms with Crippen LogP contribution in [-0.2, 0) is 10.1 Å². The van der Waals surface area contributed by atoms with Crippen LogP contribution in [-0.4, -0.2) is 29.9 Å². The molecule has 0 aromatic carbocycles. The Morgan fingerprint density at radius 3 is 1.50 bits per heavy atom. The van der Waals surface area contributed by atoms with Crippen LogP contribution in [0.5, 0.6) is 0 Å². The van der Waals surface area contributed by atoms with E-state index in [1.165, 1.54) is 38.5 Å². The third-order valence-corrected chi connectivity index (χ3v) is 5.43. The minimum absolute atomic E-state index is 0. The first-order valence-corrected chi connectivity index (χ1v) is 10.0. The molecule has 0 heterocycles. The van der Waals surface area contributed by atoms with E-state index in [1.807, 2.05) is 0 Å². The van der Waals surface area contributed by atoms with E-state index in [4.69, 9.17) is 5.11 Å². The molecule has 128 valence electrons. The van der Waals surface area contributed by atoms with Gasteiger partial charge in [0.05, 0.1) is 10.1 Å².